The molecule has 0 saturated carbocycles. The lowest BCUT2D eigenvalue weighted by Gasteiger charge is -2.26. The first-order valence-corrected chi connectivity index (χ1v) is 6.91. The Balaban J connectivity index is 3.94. The lowest BCUT2D eigenvalue weighted by atomic mass is 9.92. The van der Waals surface area contributed by atoms with Gasteiger partial charge < -0.3 is 9.47 Å². The lowest BCUT2D eigenvalue weighted by Crippen LogP contribution is -2.44. The highest BCUT2D eigenvalue weighted by Gasteiger charge is 2.26. The van der Waals surface area contributed by atoms with Crippen LogP contribution in [0.5, 0.6) is 0 Å². The number of hydrogen-bond donors (Lipinski definition) is 1. The van der Waals surface area contributed by atoms with E-state index in [1.165, 1.54) is 0 Å². The second-order valence-electron chi connectivity index (χ2n) is 4.71. The third kappa shape index (κ3) is 6.95. The summed E-state index contributed by atoms with van der Waals surface area (Å²) in [5.41, 5.74) is -0.385. The molecule has 2 unspecified atom stereocenters. The Kier molecular flexibility index (Phi) is 9.95. The van der Waals surface area contributed by atoms with E-state index in [9.17, 15) is 5.26 Å². The Labute approximate surface area is 112 Å². The van der Waals surface area contributed by atoms with Gasteiger partial charge in [-0.3, -0.25) is 5.32 Å². The Morgan fingerprint density at radius 3 is 2.61 bits per heavy atom. The molecule has 0 spiro atoms. The summed E-state index contributed by atoms with van der Waals surface area (Å²) < 4.78 is 10.6. The molecule has 0 fully saturated rings. The van der Waals surface area contributed by atoms with Crippen LogP contribution >= 0.6 is 0 Å². The minimum absolute atomic E-state index is 0.122. The zero-order valence-corrected chi connectivity index (χ0v) is 12.3. The first kappa shape index (κ1) is 17.4. The van der Waals surface area contributed by atoms with Gasteiger partial charge >= 0.3 is 0 Å². The van der Waals surface area contributed by atoms with Crippen molar-refractivity contribution in [1.82, 2.24) is 5.32 Å². The minimum atomic E-state index is -0.385. The molecular weight excluding hydrogens is 228 g/mol. The van der Waals surface area contributed by atoms with E-state index in [-0.39, 0.29) is 11.6 Å². The zero-order valence-electron chi connectivity index (χ0n) is 12.3. The van der Waals surface area contributed by atoms with Gasteiger partial charge in [-0.1, -0.05) is 13.8 Å². The molecule has 1 N–H and O–H groups in total. The van der Waals surface area contributed by atoms with Crippen LogP contribution in [0.1, 0.15) is 46.5 Å². The second-order valence-corrected chi connectivity index (χ2v) is 4.71. The molecule has 106 valence electrons. The van der Waals surface area contributed by atoms with Crippen molar-refractivity contribution in [3.8, 4) is 6.07 Å². The van der Waals surface area contributed by atoms with Crippen molar-refractivity contribution in [2.24, 2.45) is 0 Å². The quantitative estimate of drug-likeness (QED) is 0.577. The number of nitrogens with one attached hydrogen (secondary N) is 1. The summed E-state index contributed by atoms with van der Waals surface area (Å²) in [7, 11) is 1.67. The Hall–Kier alpha value is -0.630. The van der Waals surface area contributed by atoms with Crippen molar-refractivity contribution < 1.29 is 9.47 Å². The molecule has 0 aliphatic heterocycles. The van der Waals surface area contributed by atoms with Gasteiger partial charge in [0.25, 0.3) is 0 Å². The molecule has 0 radical (unpaired) electrons. The first-order valence-electron chi connectivity index (χ1n) is 6.91. The number of nitriles is 1. The fourth-order valence-corrected chi connectivity index (χ4v) is 1.87. The molecule has 0 amide bonds. The summed E-state index contributed by atoms with van der Waals surface area (Å²) in [5.74, 6) is 0. The molecule has 0 bridgehead atoms. The second kappa shape index (κ2) is 10.3. The molecule has 2 atom stereocenters. The van der Waals surface area contributed by atoms with Crippen LogP contribution in [-0.2, 0) is 9.47 Å². The number of nitrogens with zero attached hydrogens (tertiary/aromatic N) is 1. The first-order chi connectivity index (χ1) is 8.64. The van der Waals surface area contributed by atoms with Gasteiger partial charge in [-0.05, 0) is 39.2 Å². The maximum atomic E-state index is 9.32. The average Bonchev–Trinajstić information content (AvgIpc) is 2.39. The predicted octanol–water partition coefficient (Wildman–Crippen LogP) is 2.49. The van der Waals surface area contributed by atoms with Gasteiger partial charge in [0.15, 0.2) is 0 Å². The van der Waals surface area contributed by atoms with Gasteiger partial charge in [-0.15, -0.1) is 0 Å². The van der Waals surface area contributed by atoms with E-state index in [0.717, 1.165) is 32.2 Å². The van der Waals surface area contributed by atoms with Crippen molar-refractivity contribution in [1.29, 1.82) is 5.26 Å². The molecule has 4 nitrogen and oxygen atoms in total. The van der Waals surface area contributed by atoms with Crippen LogP contribution in [0.15, 0.2) is 0 Å². The highest BCUT2D eigenvalue weighted by atomic mass is 16.5. The van der Waals surface area contributed by atoms with Gasteiger partial charge in [0.1, 0.15) is 5.54 Å². The maximum Gasteiger partial charge on any atom is 0.106 e. The molecule has 0 saturated heterocycles. The largest absolute Gasteiger partial charge is 0.382 e. The van der Waals surface area contributed by atoms with Gasteiger partial charge in [0.05, 0.1) is 18.8 Å². The summed E-state index contributed by atoms with van der Waals surface area (Å²) in [6, 6.07) is 2.42. The van der Waals surface area contributed by atoms with Crippen molar-refractivity contribution in [2.75, 3.05) is 26.9 Å². The van der Waals surface area contributed by atoms with E-state index in [0.29, 0.717) is 13.2 Å². The van der Waals surface area contributed by atoms with Crippen LogP contribution < -0.4 is 5.32 Å². The van der Waals surface area contributed by atoms with Crippen LogP contribution in [0.25, 0.3) is 0 Å². The number of hydrogen-bond acceptors (Lipinski definition) is 4. The normalized spacial score (nSPS) is 15.9. The SMILES string of the molecule is CCCNC(C#N)(CC)CCCOC(C)COC. The van der Waals surface area contributed by atoms with Crippen LogP contribution in [0.2, 0.25) is 0 Å². The van der Waals surface area contributed by atoms with Crippen molar-refractivity contribution in [3.05, 3.63) is 0 Å². The van der Waals surface area contributed by atoms with E-state index in [1.54, 1.807) is 7.11 Å². The van der Waals surface area contributed by atoms with Crippen LogP contribution in [-0.4, -0.2) is 38.5 Å². The fraction of sp³-hybridized carbons (Fsp3) is 0.929. The third-order valence-electron chi connectivity index (χ3n) is 3.08. The van der Waals surface area contributed by atoms with Crippen molar-refractivity contribution in [2.45, 2.75) is 58.1 Å². The molecule has 0 aromatic heterocycles. The summed E-state index contributed by atoms with van der Waals surface area (Å²) in [6.45, 7) is 8.35. The van der Waals surface area contributed by atoms with E-state index in [4.69, 9.17) is 9.47 Å². The molecular formula is C14H28N2O2. The van der Waals surface area contributed by atoms with E-state index in [2.05, 4.69) is 25.2 Å². The van der Waals surface area contributed by atoms with Gasteiger partial charge in [0, 0.05) is 13.7 Å². The highest BCUT2D eigenvalue weighted by molar-refractivity contribution is 5.06. The van der Waals surface area contributed by atoms with Crippen molar-refractivity contribution >= 4 is 0 Å². The van der Waals surface area contributed by atoms with Crippen LogP contribution in [0, 0.1) is 11.3 Å². The van der Waals surface area contributed by atoms with Crippen LogP contribution in [0.4, 0.5) is 0 Å². The summed E-state index contributed by atoms with van der Waals surface area (Å²) in [6.07, 6.45) is 3.73. The standard InChI is InChI=1S/C14H28N2O2/c1-5-9-16-14(6-2,12-15)8-7-10-18-13(3)11-17-4/h13,16H,5-11H2,1-4H3. The number of methoxy groups -OCH3 is 1. The van der Waals surface area contributed by atoms with Crippen molar-refractivity contribution in [3.63, 3.8) is 0 Å². The molecule has 0 aliphatic rings. The zero-order chi connectivity index (χ0) is 13.9. The summed E-state index contributed by atoms with van der Waals surface area (Å²) >= 11 is 0. The van der Waals surface area contributed by atoms with Gasteiger partial charge in [-0.25, -0.2) is 0 Å². The lowest BCUT2D eigenvalue weighted by molar-refractivity contribution is 0.00635. The van der Waals surface area contributed by atoms with Crippen LogP contribution in [0.3, 0.4) is 0 Å². The smallest absolute Gasteiger partial charge is 0.106 e. The molecule has 0 aromatic rings. The fourth-order valence-electron chi connectivity index (χ4n) is 1.87. The number of ether oxygens (including phenoxy) is 2. The molecule has 0 aromatic carbocycles. The minimum Gasteiger partial charge on any atom is -0.382 e. The molecule has 0 rings (SSSR count). The molecule has 4 heteroatoms. The monoisotopic (exact) mass is 256 g/mol. The summed E-state index contributed by atoms with van der Waals surface area (Å²) in [5, 5.41) is 12.7. The highest BCUT2D eigenvalue weighted by Crippen LogP contribution is 2.17. The Morgan fingerprint density at radius 1 is 1.39 bits per heavy atom. The molecule has 18 heavy (non-hydrogen) atoms. The maximum absolute atomic E-state index is 9.32. The van der Waals surface area contributed by atoms with Gasteiger partial charge in [-0.2, -0.15) is 5.26 Å². The summed E-state index contributed by atoms with van der Waals surface area (Å²) in [4.78, 5) is 0. The molecule has 0 heterocycles. The van der Waals surface area contributed by atoms with Gasteiger partial charge in [0.2, 0.25) is 0 Å². The Morgan fingerprint density at radius 2 is 2.11 bits per heavy atom. The van der Waals surface area contributed by atoms with E-state index < -0.39 is 0 Å². The topological polar surface area (TPSA) is 54.3 Å². The van der Waals surface area contributed by atoms with E-state index >= 15 is 0 Å². The third-order valence-corrected chi connectivity index (χ3v) is 3.08. The number of rotatable bonds is 11. The Bertz CT molecular complexity index is 240. The predicted molar refractivity (Wildman–Crippen MR) is 73.5 cm³/mol. The molecule has 0 aliphatic carbocycles. The van der Waals surface area contributed by atoms with E-state index in [1.807, 2.05) is 6.92 Å². The average molecular weight is 256 g/mol.